The third-order valence-corrected chi connectivity index (χ3v) is 4.78. The standard InChI is InChI=1S/C21H26N2O2/c1-16-7-9-18(10-8-16)20(22)21(24)23-13-11-19(12-14-23)25-15-17-5-3-2-4-6-17/h2-10,19-20H,11-15,22H2,1H3. The van der Waals surface area contributed by atoms with Crippen molar-refractivity contribution in [2.24, 2.45) is 5.73 Å². The number of nitrogens with two attached hydrogens (primary N) is 1. The van der Waals surface area contributed by atoms with Gasteiger partial charge in [0.2, 0.25) is 5.91 Å². The number of amides is 1. The first-order valence-electron chi connectivity index (χ1n) is 8.90. The average molecular weight is 338 g/mol. The van der Waals surface area contributed by atoms with E-state index in [9.17, 15) is 4.79 Å². The highest BCUT2D eigenvalue weighted by Gasteiger charge is 2.27. The molecule has 0 saturated carbocycles. The van der Waals surface area contributed by atoms with Crippen LogP contribution >= 0.6 is 0 Å². The van der Waals surface area contributed by atoms with Crippen molar-refractivity contribution in [3.05, 3.63) is 71.3 Å². The maximum Gasteiger partial charge on any atom is 0.244 e. The number of carbonyl (C=O) groups excluding carboxylic acids is 1. The summed E-state index contributed by atoms with van der Waals surface area (Å²) >= 11 is 0. The van der Waals surface area contributed by atoms with E-state index >= 15 is 0 Å². The zero-order valence-electron chi connectivity index (χ0n) is 14.7. The van der Waals surface area contributed by atoms with Crippen molar-refractivity contribution >= 4 is 5.91 Å². The second kappa shape index (κ2) is 8.28. The molecule has 1 aliphatic heterocycles. The summed E-state index contributed by atoms with van der Waals surface area (Å²) in [5, 5.41) is 0. The summed E-state index contributed by atoms with van der Waals surface area (Å²) in [4.78, 5) is 14.5. The van der Waals surface area contributed by atoms with Gasteiger partial charge in [-0.05, 0) is 30.9 Å². The van der Waals surface area contributed by atoms with Crippen LogP contribution in [0.2, 0.25) is 0 Å². The largest absolute Gasteiger partial charge is 0.373 e. The van der Waals surface area contributed by atoms with E-state index in [-0.39, 0.29) is 12.0 Å². The Morgan fingerprint density at radius 1 is 1.12 bits per heavy atom. The van der Waals surface area contributed by atoms with Gasteiger partial charge in [0.25, 0.3) is 0 Å². The van der Waals surface area contributed by atoms with Gasteiger partial charge < -0.3 is 15.4 Å². The number of ether oxygens (including phenoxy) is 1. The van der Waals surface area contributed by atoms with E-state index in [1.165, 1.54) is 11.1 Å². The molecule has 2 aromatic rings. The van der Waals surface area contributed by atoms with Gasteiger partial charge in [0.05, 0.1) is 12.7 Å². The number of hydrogen-bond acceptors (Lipinski definition) is 3. The van der Waals surface area contributed by atoms with Gasteiger partial charge in [-0.2, -0.15) is 0 Å². The minimum absolute atomic E-state index is 0.00497. The van der Waals surface area contributed by atoms with Gasteiger partial charge in [0, 0.05) is 13.1 Å². The van der Waals surface area contributed by atoms with Crippen LogP contribution in [0.4, 0.5) is 0 Å². The summed E-state index contributed by atoms with van der Waals surface area (Å²) < 4.78 is 5.99. The normalized spacial score (nSPS) is 16.6. The molecule has 0 bridgehead atoms. The van der Waals surface area contributed by atoms with Crippen molar-refractivity contribution in [1.29, 1.82) is 0 Å². The first-order valence-corrected chi connectivity index (χ1v) is 8.90. The van der Waals surface area contributed by atoms with Crippen LogP contribution in [0.5, 0.6) is 0 Å². The highest BCUT2D eigenvalue weighted by Crippen LogP contribution is 2.20. The SMILES string of the molecule is Cc1ccc(C(N)C(=O)N2CCC(OCc3ccccc3)CC2)cc1. The first kappa shape index (κ1) is 17.6. The predicted molar refractivity (Wildman–Crippen MR) is 98.9 cm³/mol. The molecule has 132 valence electrons. The molecule has 0 radical (unpaired) electrons. The number of nitrogens with zero attached hydrogens (tertiary/aromatic N) is 1. The molecule has 1 amide bonds. The molecule has 0 aliphatic carbocycles. The smallest absolute Gasteiger partial charge is 0.244 e. The summed E-state index contributed by atoms with van der Waals surface area (Å²) in [6.07, 6.45) is 1.93. The zero-order chi connectivity index (χ0) is 17.6. The highest BCUT2D eigenvalue weighted by atomic mass is 16.5. The third-order valence-electron chi connectivity index (χ3n) is 4.78. The number of likely N-dealkylation sites (tertiary alicyclic amines) is 1. The van der Waals surface area contributed by atoms with Gasteiger partial charge in [0.1, 0.15) is 6.04 Å². The Hall–Kier alpha value is -2.17. The molecule has 2 N–H and O–H groups in total. The Labute approximate surface area is 149 Å². The molecular formula is C21H26N2O2. The highest BCUT2D eigenvalue weighted by molar-refractivity contribution is 5.83. The lowest BCUT2D eigenvalue weighted by Gasteiger charge is -2.33. The molecule has 1 unspecified atom stereocenters. The maximum atomic E-state index is 12.6. The molecule has 4 nitrogen and oxygen atoms in total. The van der Waals surface area contributed by atoms with Crippen LogP contribution in [0.3, 0.4) is 0 Å². The van der Waals surface area contributed by atoms with Gasteiger partial charge >= 0.3 is 0 Å². The fourth-order valence-corrected chi connectivity index (χ4v) is 3.14. The average Bonchev–Trinajstić information content (AvgIpc) is 2.67. The van der Waals surface area contributed by atoms with Crippen molar-refractivity contribution in [1.82, 2.24) is 4.90 Å². The van der Waals surface area contributed by atoms with Crippen LogP contribution in [0.25, 0.3) is 0 Å². The Kier molecular flexibility index (Phi) is 5.84. The van der Waals surface area contributed by atoms with Gasteiger partial charge in [-0.1, -0.05) is 60.2 Å². The fraction of sp³-hybridized carbons (Fsp3) is 0.381. The molecule has 2 aromatic carbocycles. The van der Waals surface area contributed by atoms with Gasteiger partial charge in [-0.3, -0.25) is 4.79 Å². The molecule has 4 heteroatoms. The number of carbonyl (C=O) groups is 1. The van der Waals surface area contributed by atoms with Crippen LogP contribution in [0.15, 0.2) is 54.6 Å². The van der Waals surface area contributed by atoms with E-state index in [1.54, 1.807) is 0 Å². The topological polar surface area (TPSA) is 55.6 Å². The fourth-order valence-electron chi connectivity index (χ4n) is 3.14. The number of rotatable bonds is 5. The van der Waals surface area contributed by atoms with Crippen molar-refractivity contribution in [2.45, 2.75) is 38.5 Å². The van der Waals surface area contributed by atoms with Crippen LogP contribution in [-0.4, -0.2) is 30.0 Å². The van der Waals surface area contributed by atoms with Gasteiger partial charge in [-0.15, -0.1) is 0 Å². The lowest BCUT2D eigenvalue weighted by Crippen LogP contribution is -2.44. The van der Waals surface area contributed by atoms with E-state index in [0.29, 0.717) is 19.7 Å². The summed E-state index contributed by atoms with van der Waals surface area (Å²) in [6, 6.07) is 17.5. The molecule has 1 fully saturated rings. The maximum absolute atomic E-state index is 12.6. The number of hydrogen-bond donors (Lipinski definition) is 1. The van der Waals surface area contributed by atoms with E-state index in [4.69, 9.17) is 10.5 Å². The summed E-state index contributed by atoms with van der Waals surface area (Å²) in [6.45, 7) is 4.06. The van der Waals surface area contributed by atoms with Crippen molar-refractivity contribution in [3.8, 4) is 0 Å². The van der Waals surface area contributed by atoms with Crippen LogP contribution in [-0.2, 0) is 16.1 Å². The lowest BCUT2D eigenvalue weighted by molar-refractivity contribution is -0.135. The number of piperidine rings is 1. The lowest BCUT2D eigenvalue weighted by atomic mass is 10.0. The van der Waals surface area contributed by atoms with Crippen molar-refractivity contribution < 1.29 is 9.53 Å². The number of benzene rings is 2. The molecule has 1 heterocycles. The quantitative estimate of drug-likeness (QED) is 0.911. The molecule has 1 saturated heterocycles. The zero-order valence-corrected chi connectivity index (χ0v) is 14.7. The van der Waals surface area contributed by atoms with E-state index < -0.39 is 6.04 Å². The van der Waals surface area contributed by atoms with Crippen LogP contribution in [0, 0.1) is 6.92 Å². The number of aryl methyl sites for hydroxylation is 1. The van der Waals surface area contributed by atoms with E-state index in [1.807, 2.05) is 54.3 Å². The third kappa shape index (κ3) is 4.68. The van der Waals surface area contributed by atoms with Gasteiger partial charge in [0.15, 0.2) is 0 Å². The second-order valence-electron chi connectivity index (χ2n) is 6.71. The van der Waals surface area contributed by atoms with Crippen LogP contribution < -0.4 is 5.73 Å². The molecule has 25 heavy (non-hydrogen) atoms. The predicted octanol–water partition coefficient (Wildman–Crippen LogP) is 3.20. The molecule has 0 spiro atoms. The second-order valence-corrected chi connectivity index (χ2v) is 6.71. The Balaban J connectivity index is 1.48. The Morgan fingerprint density at radius 2 is 1.76 bits per heavy atom. The Morgan fingerprint density at radius 3 is 2.40 bits per heavy atom. The molecule has 1 aliphatic rings. The molecular weight excluding hydrogens is 312 g/mol. The van der Waals surface area contributed by atoms with Gasteiger partial charge in [-0.25, -0.2) is 0 Å². The van der Waals surface area contributed by atoms with E-state index in [2.05, 4.69) is 12.1 Å². The van der Waals surface area contributed by atoms with Crippen molar-refractivity contribution in [2.75, 3.05) is 13.1 Å². The van der Waals surface area contributed by atoms with Crippen molar-refractivity contribution in [3.63, 3.8) is 0 Å². The summed E-state index contributed by atoms with van der Waals surface area (Å²) in [5.74, 6) is 0.00497. The van der Waals surface area contributed by atoms with E-state index in [0.717, 1.165) is 18.4 Å². The van der Waals surface area contributed by atoms with Crippen LogP contribution in [0.1, 0.15) is 35.6 Å². The summed E-state index contributed by atoms with van der Waals surface area (Å²) in [5.41, 5.74) is 9.39. The Bertz CT molecular complexity index is 677. The minimum Gasteiger partial charge on any atom is -0.373 e. The minimum atomic E-state index is -0.581. The monoisotopic (exact) mass is 338 g/mol. The molecule has 3 rings (SSSR count). The molecule has 0 aromatic heterocycles. The summed E-state index contributed by atoms with van der Waals surface area (Å²) in [7, 11) is 0. The first-order chi connectivity index (χ1) is 12.1. The molecule has 1 atom stereocenters.